The second-order valence-electron chi connectivity index (χ2n) is 6.25. The van der Waals surface area contributed by atoms with Crippen LogP contribution in [0.15, 0.2) is 29.3 Å². The first-order chi connectivity index (χ1) is 11.1. The van der Waals surface area contributed by atoms with Gasteiger partial charge in [0.2, 0.25) is 5.91 Å². The zero-order valence-electron chi connectivity index (χ0n) is 13.6. The van der Waals surface area contributed by atoms with Gasteiger partial charge in [-0.15, -0.1) is 11.8 Å². The third-order valence-corrected chi connectivity index (χ3v) is 5.49. The maximum atomic E-state index is 12.5. The largest absolute Gasteiger partial charge is 0.507 e. The van der Waals surface area contributed by atoms with Crippen molar-refractivity contribution in [2.45, 2.75) is 24.9 Å². The summed E-state index contributed by atoms with van der Waals surface area (Å²) in [5.74, 6) is 0.920. The molecular weight excluding hydrogens is 310 g/mol. The molecule has 0 bridgehead atoms. The van der Waals surface area contributed by atoms with Crippen LogP contribution in [0.2, 0.25) is 0 Å². The number of phenols is 1. The van der Waals surface area contributed by atoms with Crippen molar-refractivity contribution in [1.29, 1.82) is 0 Å². The van der Waals surface area contributed by atoms with Gasteiger partial charge in [-0.3, -0.25) is 9.79 Å². The number of para-hydroxylation sites is 1. The van der Waals surface area contributed by atoms with Crippen molar-refractivity contribution in [3.8, 4) is 5.75 Å². The molecule has 1 aromatic carbocycles. The van der Waals surface area contributed by atoms with Crippen LogP contribution in [-0.4, -0.2) is 70.9 Å². The number of hydrogen-bond acceptors (Lipinski definition) is 5. The van der Waals surface area contributed by atoms with E-state index in [-0.39, 0.29) is 17.7 Å². The standard InChI is InChI=1S/C17H23N3O2S/c1-19(12-7-8-12)9-10-20(2)17(22)14-11-23-16(18-14)13-5-3-4-6-15(13)21/h3-6,12,14,21H,7-11H2,1-2H3/t14-/m0/s1. The minimum Gasteiger partial charge on any atom is -0.507 e. The van der Waals surface area contributed by atoms with Crippen LogP contribution in [0.1, 0.15) is 18.4 Å². The van der Waals surface area contributed by atoms with E-state index < -0.39 is 0 Å². The lowest BCUT2D eigenvalue weighted by atomic mass is 10.2. The number of phenolic OH excluding ortho intramolecular Hbond substituents is 1. The van der Waals surface area contributed by atoms with Gasteiger partial charge in [-0.1, -0.05) is 12.1 Å². The minimum atomic E-state index is -0.342. The molecule has 1 fully saturated rings. The molecule has 23 heavy (non-hydrogen) atoms. The smallest absolute Gasteiger partial charge is 0.248 e. The van der Waals surface area contributed by atoms with Gasteiger partial charge >= 0.3 is 0 Å². The second kappa shape index (κ2) is 6.93. The number of likely N-dealkylation sites (N-methyl/N-ethyl adjacent to an activating group) is 2. The van der Waals surface area contributed by atoms with E-state index in [0.29, 0.717) is 17.4 Å². The Balaban J connectivity index is 1.58. The molecule has 1 heterocycles. The van der Waals surface area contributed by atoms with Crippen LogP contribution in [0.5, 0.6) is 5.75 Å². The summed E-state index contributed by atoms with van der Waals surface area (Å²) in [6, 6.07) is 7.51. The molecule has 3 rings (SSSR count). The molecule has 2 aliphatic rings. The fourth-order valence-corrected chi connectivity index (χ4v) is 3.74. The number of carbonyl (C=O) groups is 1. The molecule has 0 radical (unpaired) electrons. The van der Waals surface area contributed by atoms with E-state index in [9.17, 15) is 9.90 Å². The van der Waals surface area contributed by atoms with Gasteiger partial charge in [0.15, 0.2) is 0 Å². The van der Waals surface area contributed by atoms with Crippen LogP contribution >= 0.6 is 11.8 Å². The lowest BCUT2D eigenvalue weighted by Crippen LogP contribution is -2.40. The van der Waals surface area contributed by atoms with Gasteiger partial charge in [-0.05, 0) is 32.0 Å². The van der Waals surface area contributed by atoms with Crippen molar-refractivity contribution in [2.24, 2.45) is 4.99 Å². The highest BCUT2D eigenvalue weighted by atomic mass is 32.2. The summed E-state index contributed by atoms with van der Waals surface area (Å²) in [6.07, 6.45) is 2.56. The zero-order chi connectivity index (χ0) is 16.4. The molecule has 124 valence electrons. The monoisotopic (exact) mass is 333 g/mol. The van der Waals surface area contributed by atoms with Crippen LogP contribution in [0.3, 0.4) is 0 Å². The summed E-state index contributed by atoms with van der Waals surface area (Å²) in [5.41, 5.74) is 0.712. The summed E-state index contributed by atoms with van der Waals surface area (Å²) < 4.78 is 0. The first kappa shape index (κ1) is 16.3. The van der Waals surface area contributed by atoms with Crippen LogP contribution < -0.4 is 0 Å². The fraction of sp³-hybridized carbons (Fsp3) is 0.529. The molecule has 1 N–H and O–H groups in total. The molecule has 1 aliphatic carbocycles. The number of amides is 1. The molecule has 0 spiro atoms. The molecule has 1 atom stereocenters. The number of nitrogens with zero attached hydrogens (tertiary/aromatic N) is 3. The highest BCUT2D eigenvalue weighted by molar-refractivity contribution is 8.14. The van der Waals surface area contributed by atoms with E-state index in [4.69, 9.17) is 0 Å². The van der Waals surface area contributed by atoms with E-state index in [2.05, 4.69) is 16.9 Å². The van der Waals surface area contributed by atoms with Crippen molar-refractivity contribution in [3.63, 3.8) is 0 Å². The van der Waals surface area contributed by atoms with E-state index in [1.807, 2.05) is 19.2 Å². The Morgan fingerprint density at radius 3 is 2.74 bits per heavy atom. The van der Waals surface area contributed by atoms with Gasteiger partial charge in [-0.25, -0.2) is 0 Å². The SMILES string of the molecule is CN(CCN(C)C1CC1)C(=O)[C@@H]1CSC(c2ccccc2O)=N1. The van der Waals surface area contributed by atoms with E-state index in [1.165, 1.54) is 24.6 Å². The Hall–Kier alpha value is -1.53. The lowest BCUT2D eigenvalue weighted by Gasteiger charge is -2.23. The Kier molecular flexibility index (Phi) is 4.92. The summed E-state index contributed by atoms with van der Waals surface area (Å²) in [4.78, 5) is 21.2. The van der Waals surface area contributed by atoms with Crippen LogP contribution in [-0.2, 0) is 4.79 Å². The topological polar surface area (TPSA) is 56.1 Å². The average molecular weight is 333 g/mol. The van der Waals surface area contributed by atoms with Crippen molar-refractivity contribution >= 4 is 22.7 Å². The maximum absolute atomic E-state index is 12.5. The van der Waals surface area contributed by atoms with E-state index in [1.54, 1.807) is 17.0 Å². The molecule has 5 nitrogen and oxygen atoms in total. The number of benzene rings is 1. The number of carbonyl (C=O) groups excluding carboxylic acids is 1. The predicted octanol–water partition coefficient (Wildman–Crippen LogP) is 1.81. The first-order valence-corrected chi connectivity index (χ1v) is 8.99. The van der Waals surface area contributed by atoms with Gasteiger partial charge in [0.25, 0.3) is 0 Å². The third-order valence-electron chi connectivity index (χ3n) is 4.41. The van der Waals surface area contributed by atoms with Crippen molar-refractivity contribution in [1.82, 2.24) is 9.80 Å². The second-order valence-corrected chi connectivity index (χ2v) is 7.26. The Morgan fingerprint density at radius 2 is 2.04 bits per heavy atom. The van der Waals surface area contributed by atoms with E-state index >= 15 is 0 Å². The van der Waals surface area contributed by atoms with Crippen LogP contribution in [0.4, 0.5) is 0 Å². The lowest BCUT2D eigenvalue weighted by molar-refractivity contribution is -0.130. The fourth-order valence-electron chi connectivity index (χ4n) is 2.67. The van der Waals surface area contributed by atoms with Crippen molar-refractivity contribution in [2.75, 3.05) is 32.9 Å². The highest BCUT2D eigenvalue weighted by Gasteiger charge is 2.30. The number of aromatic hydroxyl groups is 1. The van der Waals surface area contributed by atoms with Crippen molar-refractivity contribution < 1.29 is 9.90 Å². The Morgan fingerprint density at radius 1 is 1.30 bits per heavy atom. The zero-order valence-corrected chi connectivity index (χ0v) is 14.4. The van der Waals surface area contributed by atoms with Crippen LogP contribution in [0, 0.1) is 0 Å². The highest BCUT2D eigenvalue weighted by Crippen LogP contribution is 2.29. The number of hydrogen-bond donors (Lipinski definition) is 1. The van der Waals surface area contributed by atoms with Gasteiger partial charge in [0, 0.05) is 37.5 Å². The quantitative estimate of drug-likeness (QED) is 0.863. The molecule has 6 heteroatoms. The molecule has 1 amide bonds. The third kappa shape index (κ3) is 3.87. The van der Waals surface area contributed by atoms with E-state index in [0.717, 1.165) is 18.1 Å². The Bertz CT molecular complexity index is 616. The number of thioether (sulfide) groups is 1. The molecule has 1 aromatic rings. The first-order valence-electron chi connectivity index (χ1n) is 8.00. The molecule has 1 saturated carbocycles. The van der Waals surface area contributed by atoms with Gasteiger partial charge in [0.05, 0.1) is 0 Å². The molecule has 0 aromatic heterocycles. The Labute approximate surface area is 141 Å². The molecule has 0 saturated heterocycles. The summed E-state index contributed by atoms with van der Waals surface area (Å²) in [6.45, 7) is 1.64. The number of rotatable bonds is 6. The average Bonchev–Trinajstić information content (AvgIpc) is 3.30. The predicted molar refractivity (Wildman–Crippen MR) is 94.2 cm³/mol. The summed E-state index contributed by atoms with van der Waals surface area (Å²) in [5, 5.41) is 10.7. The summed E-state index contributed by atoms with van der Waals surface area (Å²) in [7, 11) is 3.97. The van der Waals surface area contributed by atoms with Gasteiger partial charge < -0.3 is 14.9 Å². The van der Waals surface area contributed by atoms with Crippen molar-refractivity contribution in [3.05, 3.63) is 29.8 Å². The molecular formula is C17H23N3O2S. The van der Waals surface area contributed by atoms with Gasteiger partial charge in [0.1, 0.15) is 16.8 Å². The maximum Gasteiger partial charge on any atom is 0.248 e. The number of aliphatic imine (C=N–C) groups is 1. The molecule has 1 aliphatic heterocycles. The van der Waals surface area contributed by atoms with Crippen LogP contribution in [0.25, 0.3) is 0 Å². The minimum absolute atomic E-state index is 0.0621. The normalized spacial score (nSPS) is 20.7. The molecule has 0 unspecified atom stereocenters. The van der Waals surface area contributed by atoms with Gasteiger partial charge in [-0.2, -0.15) is 0 Å². The summed E-state index contributed by atoms with van der Waals surface area (Å²) >= 11 is 1.53.